The fraction of sp³-hybridized carbons (Fsp3) is 0.308. The molecule has 3 N–H and O–H groups in total. The Hall–Kier alpha value is -1.89. The van der Waals surface area contributed by atoms with Crippen molar-refractivity contribution >= 4 is 28.8 Å². The van der Waals surface area contributed by atoms with Crippen molar-refractivity contribution in [1.82, 2.24) is 9.78 Å². The molecule has 2 rings (SSSR count). The Morgan fingerprint density at radius 1 is 1.38 bits per heavy atom. The van der Waals surface area contributed by atoms with Gasteiger partial charge in [-0.3, -0.25) is 0 Å². The minimum atomic E-state index is -4.43. The molecule has 21 heavy (non-hydrogen) atoms. The predicted molar refractivity (Wildman–Crippen MR) is 76.8 cm³/mol. The quantitative estimate of drug-likeness (QED) is 0.891. The molecule has 0 unspecified atom stereocenters. The van der Waals surface area contributed by atoms with Crippen LogP contribution < -0.4 is 11.1 Å². The van der Waals surface area contributed by atoms with E-state index in [1.807, 2.05) is 6.92 Å². The van der Waals surface area contributed by atoms with Crippen LogP contribution in [0.15, 0.2) is 18.2 Å². The Bertz CT molecular complexity index is 664. The lowest BCUT2D eigenvalue weighted by atomic mass is 10.2. The highest BCUT2D eigenvalue weighted by Gasteiger charge is 2.31. The molecule has 1 aromatic heterocycles. The van der Waals surface area contributed by atoms with E-state index in [1.54, 1.807) is 11.6 Å². The predicted octanol–water partition coefficient (Wildman–Crippen LogP) is 4.21. The smallest absolute Gasteiger partial charge is 0.394 e. The highest BCUT2D eigenvalue weighted by molar-refractivity contribution is 6.33. The summed E-state index contributed by atoms with van der Waals surface area (Å²) in [5.41, 5.74) is 6.53. The van der Waals surface area contributed by atoms with Crippen molar-refractivity contribution < 1.29 is 13.2 Å². The Morgan fingerprint density at radius 2 is 2.05 bits per heavy atom. The summed E-state index contributed by atoms with van der Waals surface area (Å²) >= 11 is 5.91. The molecule has 0 radical (unpaired) electrons. The molecule has 0 amide bonds. The number of halogens is 4. The van der Waals surface area contributed by atoms with Crippen molar-refractivity contribution in [2.24, 2.45) is 0 Å². The Balaban J connectivity index is 2.37. The van der Waals surface area contributed by atoms with Crippen LogP contribution in [0.5, 0.6) is 0 Å². The SMILES string of the molecule is CCn1nc(C)c(N)c1Nc1ccc(C(F)(F)F)cc1Cl. The topological polar surface area (TPSA) is 55.9 Å². The lowest BCUT2D eigenvalue weighted by Gasteiger charge is -2.13. The van der Waals surface area contributed by atoms with Gasteiger partial charge in [0.15, 0.2) is 5.82 Å². The Labute approximate surface area is 124 Å². The zero-order valence-corrected chi connectivity index (χ0v) is 12.2. The first-order valence-corrected chi connectivity index (χ1v) is 6.58. The molecule has 1 heterocycles. The summed E-state index contributed by atoms with van der Waals surface area (Å²) < 4.78 is 39.4. The van der Waals surface area contributed by atoms with Crippen LogP contribution in [0.25, 0.3) is 0 Å². The van der Waals surface area contributed by atoms with E-state index in [9.17, 15) is 13.2 Å². The van der Waals surface area contributed by atoms with Gasteiger partial charge in [0.2, 0.25) is 0 Å². The number of hydrogen-bond donors (Lipinski definition) is 2. The number of aryl methyl sites for hydroxylation is 2. The van der Waals surface area contributed by atoms with Gasteiger partial charge in [-0.15, -0.1) is 0 Å². The van der Waals surface area contributed by atoms with Crippen LogP contribution in [0.3, 0.4) is 0 Å². The van der Waals surface area contributed by atoms with E-state index in [1.165, 1.54) is 6.07 Å². The molecule has 2 aromatic rings. The van der Waals surface area contributed by atoms with E-state index in [4.69, 9.17) is 17.3 Å². The van der Waals surface area contributed by atoms with Crippen LogP contribution in [0.4, 0.5) is 30.4 Å². The Morgan fingerprint density at radius 3 is 2.57 bits per heavy atom. The highest BCUT2D eigenvalue weighted by Crippen LogP contribution is 2.35. The molecule has 0 aliphatic rings. The van der Waals surface area contributed by atoms with E-state index < -0.39 is 11.7 Å². The summed E-state index contributed by atoms with van der Waals surface area (Å²) in [6.07, 6.45) is -4.43. The number of nitrogens with zero attached hydrogens (tertiary/aromatic N) is 2. The van der Waals surface area contributed by atoms with E-state index in [2.05, 4.69) is 10.4 Å². The molecule has 0 fully saturated rings. The van der Waals surface area contributed by atoms with Gasteiger partial charge in [0.1, 0.15) is 0 Å². The largest absolute Gasteiger partial charge is 0.416 e. The van der Waals surface area contributed by atoms with Gasteiger partial charge in [-0.2, -0.15) is 18.3 Å². The normalized spacial score (nSPS) is 11.7. The van der Waals surface area contributed by atoms with Crippen molar-refractivity contribution in [3.8, 4) is 0 Å². The molecule has 0 aliphatic carbocycles. The summed E-state index contributed by atoms with van der Waals surface area (Å²) in [6, 6.07) is 3.11. The van der Waals surface area contributed by atoms with Crippen molar-refractivity contribution in [3.63, 3.8) is 0 Å². The second-order valence-electron chi connectivity index (χ2n) is 4.48. The van der Waals surface area contributed by atoms with Crippen LogP contribution in [-0.2, 0) is 12.7 Å². The summed E-state index contributed by atoms with van der Waals surface area (Å²) in [5.74, 6) is 0.511. The molecule has 0 saturated carbocycles. The molecule has 0 saturated heterocycles. The maximum Gasteiger partial charge on any atom is 0.416 e. The minimum Gasteiger partial charge on any atom is -0.394 e. The fourth-order valence-corrected chi connectivity index (χ4v) is 2.10. The lowest BCUT2D eigenvalue weighted by molar-refractivity contribution is -0.137. The lowest BCUT2D eigenvalue weighted by Crippen LogP contribution is -2.07. The van der Waals surface area contributed by atoms with Crippen LogP contribution in [0.1, 0.15) is 18.2 Å². The van der Waals surface area contributed by atoms with Gasteiger partial charge in [-0.25, -0.2) is 4.68 Å². The molecule has 114 valence electrons. The minimum absolute atomic E-state index is 0.0364. The molecule has 1 aromatic carbocycles. The molecule has 4 nitrogen and oxygen atoms in total. The average molecular weight is 319 g/mol. The maximum absolute atomic E-state index is 12.6. The van der Waals surface area contributed by atoms with Crippen molar-refractivity contribution in [2.75, 3.05) is 11.1 Å². The molecular formula is C13H14ClF3N4. The second-order valence-corrected chi connectivity index (χ2v) is 4.89. The number of nitrogen functional groups attached to an aromatic ring is 1. The number of rotatable bonds is 3. The molecule has 0 spiro atoms. The molecule has 0 atom stereocenters. The van der Waals surface area contributed by atoms with E-state index in [0.717, 1.165) is 12.1 Å². The number of hydrogen-bond acceptors (Lipinski definition) is 3. The molecule has 0 aliphatic heterocycles. The van der Waals surface area contributed by atoms with E-state index in [0.29, 0.717) is 29.4 Å². The molecule has 8 heteroatoms. The molecule has 0 bridgehead atoms. The van der Waals surface area contributed by atoms with E-state index >= 15 is 0 Å². The van der Waals surface area contributed by atoms with Gasteiger partial charge in [-0.1, -0.05) is 11.6 Å². The summed E-state index contributed by atoms with van der Waals surface area (Å²) in [7, 11) is 0. The second kappa shape index (κ2) is 5.48. The number of benzene rings is 1. The first-order chi connectivity index (χ1) is 9.74. The van der Waals surface area contributed by atoms with Gasteiger partial charge in [0.05, 0.1) is 27.7 Å². The van der Waals surface area contributed by atoms with Crippen molar-refractivity contribution in [1.29, 1.82) is 0 Å². The highest BCUT2D eigenvalue weighted by atomic mass is 35.5. The summed E-state index contributed by atoms with van der Waals surface area (Å²) in [4.78, 5) is 0. The first-order valence-electron chi connectivity index (χ1n) is 6.20. The van der Waals surface area contributed by atoms with Crippen LogP contribution >= 0.6 is 11.6 Å². The van der Waals surface area contributed by atoms with Gasteiger partial charge < -0.3 is 11.1 Å². The van der Waals surface area contributed by atoms with Gasteiger partial charge in [0, 0.05) is 6.54 Å². The standard InChI is InChI=1S/C13H14ClF3N4/c1-3-21-12(11(18)7(2)20-21)19-10-5-4-8(6-9(10)14)13(15,16)17/h4-6,19H,3,18H2,1-2H3. The van der Waals surface area contributed by atoms with E-state index in [-0.39, 0.29) is 5.02 Å². The number of alkyl halides is 3. The maximum atomic E-state index is 12.6. The van der Waals surface area contributed by atoms with Gasteiger partial charge in [0.25, 0.3) is 0 Å². The third kappa shape index (κ3) is 3.07. The summed E-state index contributed by atoms with van der Waals surface area (Å²) in [6.45, 7) is 4.20. The summed E-state index contributed by atoms with van der Waals surface area (Å²) in [5, 5.41) is 7.12. The van der Waals surface area contributed by atoms with Gasteiger partial charge in [-0.05, 0) is 32.0 Å². The van der Waals surface area contributed by atoms with Crippen LogP contribution in [0.2, 0.25) is 5.02 Å². The fourth-order valence-electron chi connectivity index (χ4n) is 1.88. The van der Waals surface area contributed by atoms with Gasteiger partial charge >= 0.3 is 6.18 Å². The number of nitrogens with one attached hydrogen (secondary N) is 1. The zero-order chi connectivity index (χ0) is 15.8. The van der Waals surface area contributed by atoms with Crippen LogP contribution in [0, 0.1) is 6.92 Å². The average Bonchev–Trinajstić information content (AvgIpc) is 2.67. The first kappa shape index (κ1) is 15.5. The Kier molecular flexibility index (Phi) is 4.04. The van der Waals surface area contributed by atoms with Crippen LogP contribution in [-0.4, -0.2) is 9.78 Å². The molecular weight excluding hydrogens is 305 g/mol. The monoisotopic (exact) mass is 318 g/mol. The third-order valence-electron chi connectivity index (χ3n) is 3.02. The number of anilines is 3. The third-order valence-corrected chi connectivity index (χ3v) is 3.34. The van der Waals surface area contributed by atoms with Crippen molar-refractivity contribution in [3.05, 3.63) is 34.5 Å². The number of nitrogens with two attached hydrogens (primary N) is 1. The number of aromatic nitrogens is 2. The zero-order valence-electron chi connectivity index (χ0n) is 11.4. The van der Waals surface area contributed by atoms with Crippen molar-refractivity contribution in [2.45, 2.75) is 26.6 Å².